The molecule has 0 saturated carbocycles. The van der Waals surface area contributed by atoms with Crippen molar-refractivity contribution >= 4 is 12.1 Å². The molecule has 0 aliphatic rings. The van der Waals surface area contributed by atoms with E-state index >= 15 is 0 Å². The standard InChI is InChI=1S/C42H59NO11/c1-6-51-40(44)16-11-20-47-22-24-49-26-27-50-25-23-48-21-19-43(41(45)54-42(2,3)4)30-35-17-18-38(39(29-35)53-32-34-12-8-7-9-13-34)52-33-37-15-10-14-36(28-37)31-46-5/h7-10,12-15,17-18,28-29H,6,11,16,19-27,30-33H2,1-5H3. The summed E-state index contributed by atoms with van der Waals surface area (Å²) in [6, 6.07) is 23.7. The van der Waals surface area contributed by atoms with Gasteiger partial charge in [0.25, 0.3) is 0 Å². The number of benzene rings is 3. The van der Waals surface area contributed by atoms with Gasteiger partial charge in [-0.1, -0.05) is 60.7 Å². The Hall–Kier alpha value is -4.20. The maximum absolute atomic E-state index is 13.3. The van der Waals surface area contributed by atoms with Crippen molar-refractivity contribution in [2.24, 2.45) is 0 Å². The van der Waals surface area contributed by atoms with Crippen molar-refractivity contribution in [1.82, 2.24) is 4.90 Å². The molecule has 1 amide bonds. The predicted octanol–water partition coefficient (Wildman–Crippen LogP) is 7.14. The first kappa shape index (κ1) is 44.2. The zero-order valence-corrected chi connectivity index (χ0v) is 32.7. The van der Waals surface area contributed by atoms with Gasteiger partial charge in [-0.2, -0.15) is 0 Å². The Labute approximate surface area is 320 Å². The average molecular weight is 754 g/mol. The smallest absolute Gasteiger partial charge is 0.410 e. The molecule has 0 heterocycles. The Morgan fingerprint density at radius 1 is 0.630 bits per heavy atom. The lowest BCUT2D eigenvalue weighted by Gasteiger charge is -2.27. The highest BCUT2D eigenvalue weighted by molar-refractivity contribution is 5.69. The van der Waals surface area contributed by atoms with Crippen molar-refractivity contribution < 1.29 is 52.2 Å². The molecule has 3 rings (SSSR count). The molecule has 0 atom stereocenters. The maximum Gasteiger partial charge on any atom is 0.410 e. The van der Waals surface area contributed by atoms with Crippen LogP contribution < -0.4 is 9.47 Å². The van der Waals surface area contributed by atoms with Crippen molar-refractivity contribution in [3.05, 3.63) is 95.1 Å². The maximum atomic E-state index is 13.3. The van der Waals surface area contributed by atoms with E-state index in [0.29, 0.717) is 110 Å². The summed E-state index contributed by atoms with van der Waals surface area (Å²) in [4.78, 5) is 26.2. The summed E-state index contributed by atoms with van der Waals surface area (Å²) in [6.07, 6.45) is 0.537. The number of carbonyl (C=O) groups is 2. The highest BCUT2D eigenvalue weighted by atomic mass is 16.6. The van der Waals surface area contributed by atoms with E-state index in [1.807, 2.05) is 87.5 Å². The summed E-state index contributed by atoms with van der Waals surface area (Å²) in [5, 5.41) is 0. The third-order valence-electron chi connectivity index (χ3n) is 7.56. The van der Waals surface area contributed by atoms with Gasteiger partial charge in [-0.15, -0.1) is 0 Å². The molecule has 0 N–H and O–H groups in total. The average Bonchev–Trinajstić information content (AvgIpc) is 3.14. The van der Waals surface area contributed by atoms with E-state index in [0.717, 1.165) is 22.3 Å². The van der Waals surface area contributed by atoms with Crippen LogP contribution in [0.15, 0.2) is 72.8 Å². The Bertz CT molecular complexity index is 1480. The minimum Gasteiger partial charge on any atom is -0.485 e. The number of hydrogen-bond acceptors (Lipinski definition) is 11. The van der Waals surface area contributed by atoms with Crippen LogP contribution in [0.5, 0.6) is 11.5 Å². The molecule has 54 heavy (non-hydrogen) atoms. The van der Waals surface area contributed by atoms with E-state index in [2.05, 4.69) is 6.07 Å². The Balaban J connectivity index is 1.49. The van der Waals surface area contributed by atoms with Crippen LogP contribution in [0.4, 0.5) is 4.79 Å². The molecular weight excluding hydrogens is 694 g/mol. The molecule has 0 saturated heterocycles. The molecule has 12 nitrogen and oxygen atoms in total. The minimum absolute atomic E-state index is 0.205. The summed E-state index contributed by atoms with van der Waals surface area (Å²) < 4.78 is 50.8. The van der Waals surface area contributed by atoms with Gasteiger partial charge in [0.1, 0.15) is 18.8 Å². The van der Waals surface area contributed by atoms with E-state index in [4.69, 9.17) is 42.6 Å². The van der Waals surface area contributed by atoms with Gasteiger partial charge in [-0.05, 0) is 68.5 Å². The highest BCUT2D eigenvalue weighted by Gasteiger charge is 2.23. The summed E-state index contributed by atoms with van der Waals surface area (Å²) >= 11 is 0. The van der Waals surface area contributed by atoms with Crippen molar-refractivity contribution in [3.63, 3.8) is 0 Å². The van der Waals surface area contributed by atoms with Crippen LogP contribution in [0, 0.1) is 0 Å². The lowest BCUT2D eigenvalue weighted by atomic mass is 10.1. The third-order valence-corrected chi connectivity index (χ3v) is 7.56. The number of ether oxygens (including phenoxy) is 9. The van der Waals surface area contributed by atoms with Gasteiger partial charge in [0.2, 0.25) is 0 Å². The SMILES string of the molecule is CCOC(=O)CCCOCCOCCOCCOCCN(Cc1ccc(OCc2cccc(COC)c2)c(OCc2ccccc2)c1)C(=O)OC(C)(C)C. The molecule has 0 aliphatic heterocycles. The van der Waals surface area contributed by atoms with Crippen molar-refractivity contribution in [3.8, 4) is 11.5 Å². The van der Waals surface area contributed by atoms with Gasteiger partial charge in [0.15, 0.2) is 11.5 Å². The van der Waals surface area contributed by atoms with Gasteiger partial charge in [0.05, 0.1) is 59.5 Å². The van der Waals surface area contributed by atoms with Crippen LogP contribution in [0.2, 0.25) is 0 Å². The van der Waals surface area contributed by atoms with Gasteiger partial charge < -0.3 is 47.5 Å². The fraction of sp³-hybridized carbons (Fsp3) is 0.524. The second-order valence-corrected chi connectivity index (χ2v) is 13.4. The number of hydrogen-bond donors (Lipinski definition) is 0. The molecule has 12 heteroatoms. The first-order chi connectivity index (χ1) is 26.2. The molecule has 0 aromatic heterocycles. The number of esters is 1. The van der Waals surface area contributed by atoms with Crippen LogP contribution in [0.25, 0.3) is 0 Å². The summed E-state index contributed by atoms with van der Waals surface area (Å²) in [7, 11) is 1.67. The van der Waals surface area contributed by atoms with Crippen LogP contribution in [0.1, 0.15) is 62.8 Å². The second-order valence-electron chi connectivity index (χ2n) is 13.4. The van der Waals surface area contributed by atoms with Crippen LogP contribution in [-0.4, -0.2) is 95.7 Å². The monoisotopic (exact) mass is 753 g/mol. The molecule has 0 bridgehead atoms. The zero-order chi connectivity index (χ0) is 38.9. The summed E-state index contributed by atoms with van der Waals surface area (Å²) in [5.74, 6) is 0.966. The van der Waals surface area contributed by atoms with Gasteiger partial charge in [0, 0.05) is 33.2 Å². The van der Waals surface area contributed by atoms with E-state index in [1.54, 1.807) is 18.9 Å². The topological polar surface area (TPSA) is 120 Å². The van der Waals surface area contributed by atoms with E-state index < -0.39 is 11.7 Å². The fourth-order valence-corrected chi connectivity index (χ4v) is 5.03. The highest BCUT2D eigenvalue weighted by Crippen LogP contribution is 2.31. The number of carbonyl (C=O) groups excluding carboxylic acids is 2. The summed E-state index contributed by atoms with van der Waals surface area (Å²) in [5.41, 5.74) is 3.29. The van der Waals surface area contributed by atoms with Crippen LogP contribution in [-0.2, 0) is 64.3 Å². The third kappa shape index (κ3) is 19.2. The number of amides is 1. The minimum atomic E-state index is -0.662. The van der Waals surface area contributed by atoms with Crippen molar-refractivity contribution in [2.75, 3.05) is 73.1 Å². The molecule has 0 fully saturated rings. The predicted molar refractivity (Wildman–Crippen MR) is 204 cm³/mol. The van der Waals surface area contributed by atoms with E-state index in [-0.39, 0.29) is 12.5 Å². The van der Waals surface area contributed by atoms with E-state index in [1.165, 1.54) is 0 Å². The fourth-order valence-electron chi connectivity index (χ4n) is 5.03. The van der Waals surface area contributed by atoms with Gasteiger partial charge >= 0.3 is 12.1 Å². The van der Waals surface area contributed by atoms with Gasteiger partial charge in [-0.25, -0.2) is 4.79 Å². The molecule has 0 unspecified atom stereocenters. The molecule has 0 aliphatic carbocycles. The lowest BCUT2D eigenvalue weighted by molar-refractivity contribution is -0.143. The summed E-state index contributed by atoms with van der Waals surface area (Å²) in [6.45, 7) is 12.8. The Kier molecular flexibility index (Phi) is 21.1. The number of nitrogens with zero attached hydrogens (tertiary/aromatic N) is 1. The molecular formula is C42H59NO11. The van der Waals surface area contributed by atoms with Crippen molar-refractivity contribution in [1.29, 1.82) is 0 Å². The normalized spacial score (nSPS) is 11.3. The van der Waals surface area contributed by atoms with Crippen LogP contribution in [0.3, 0.4) is 0 Å². The molecule has 0 radical (unpaired) electrons. The molecule has 0 spiro atoms. The molecule has 298 valence electrons. The number of rotatable bonds is 27. The largest absolute Gasteiger partial charge is 0.485 e. The van der Waals surface area contributed by atoms with Gasteiger partial charge in [-0.3, -0.25) is 4.79 Å². The zero-order valence-electron chi connectivity index (χ0n) is 32.7. The Morgan fingerprint density at radius 3 is 1.87 bits per heavy atom. The number of methoxy groups -OCH3 is 1. The Morgan fingerprint density at radius 2 is 1.22 bits per heavy atom. The van der Waals surface area contributed by atoms with Crippen molar-refractivity contribution in [2.45, 2.75) is 72.5 Å². The molecule has 3 aromatic rings. The lowest BCUT2D eigenvalue weighted by Crippen LogP contribution is -2.38. The second kappa shape index (κ2) is 25.8. The first-order valence-electron chi connectivity index (χ1n) is 18.6. The van der Waals surface area contributed by atoms with E-state index in [9.17, 15) is 9.59 Å². The molecule has 3 aromatic carbocycles. The first-order valence-corrected chi connectivity index (χ1v) is 18.6. The van der Waals surface area contributed by atoms with Crippen LogP contribution >= 0.6 is 0 Å². The quantitative estimate of drug-likeness (QED) is 0.0584.